The maximum Gasteiger partial charge on any atom is 0.274 e. The average Bonchev–Trinajstić information content (AvgIpc) is 2.94. The molecule has 0 radical (unpaired) electrons. The zero-order valence-electron chi connectivity index (χ0n) is 17.8. The molecule has 1 unspecified atom stereocenters. The molecule has 8 nitrogen and oxygen atoms in total. The van der Waals surface area contributed by atoms with Crippen LogP contribution in [0.2, 0.25) is 0 Å². The lowest BCUT2D eigenvalue weighted by Crippen LogP contribution is -2.45. The molecular formula is C22H24F2N4O4. The van der Waals surface area contributed by atoms with E-state index in [4.69, 9.17) is 0 Å². The Labute approximate surface area is 183 Å². The van der Waals surface area contributed by atoms with Crippen LogP contribution in [-0.2, 0) is 6.54 Å². The number of halogens is 2. The molecule has 1 fully saturated rings. The minimum Gasteiger partial charge on any atom is -0.503 e. The molecule has 2 N–H and O–H groups in total. The largest absolute Gasteiger partial charge is 0.503 e. The number of carbonyl (C=O) groups is 2. The Kier molecular flexibility index (Phi) is 5.72. The van der Waals surface area contributed by atoms with Gasteiger partial charge in [-0.05, 0) is 19.9 Å². The van der Waals surface area contributed by atoms with Crippen molar-refractivity contribution in [3.05, 3.63) is 63.1 Å². The van der Waals surface area contributed by atoms with Gasteiger partial charge in [0.15, 0.2) is 11.4 Å². The topological polar surface area (TPSA) is 94.9 Å². The summed E-state index contributed by atoms with van der Waals surface area (Å²) in [4.78, 5) is 42.1. The predicted octanol–water partition coefficient (Wildman–Crippen LogP) is 1.48. The molecule has 2 aliphatic heterocycles. The Hall–Kier alpha value is -3.27. The zero-order chi connectivity index (χ0) is 23.2. The van der Waals surface area contributed by atoms with Crippen molar-refractivity contribution in [2.75, 3.05) is 26.2 Å². The molecule has 4 rings (SSSR count). The van der Waals surface area contributed by atoms with Crippen molar-refractivity contribution in [1.82, 2.24) is 19.7 Å². The van der Waals surface area contributed by atoms with Gasteiger partial charge < -0.3 is 19.9 Å². The number of pyridine rings is 1. The number of amides is 2. The molecule has 3 heterocycles. The summed E-state index contributed by atoms with van der Waals surface area (Å²) in [6, 6.07) is 2.94. The standard InChI is InChI=1S/C22H24F2N4O4/c1-12(2)26-5-6-27-10-15(9-26)28-11-16(19(29)20(30)18(28)22(27)32)21(31)25-8-13-3-4-14(23)7-17(13)24/h3-4,7,11-12,15,30H,5-6,8-10H2,1-2H3,(H,25,31). The van der Waals surface area contributed by atoms with Gasteiger partial charge in [0.05, 0.1) is 6.04 Å². The Bertz CT molecular complexity index is 1150. The Morgan fingerprint density at radius 3 is 2.66 bits per heavy atom. The lowest BCUT2D eigenvalue weighted by Gasteiger charge is -2.34. The lowest BCUT2D eigenvalue weighted by atomic mass is 10.1. The van der Waals surface area contributed by atoms with Gasteiger partial charge in [0.1, 0.15) is 17.2 Å². The molecule has 2 aromatic rings. The van der Waals surface area contributed by atoms with Crippen LogP contribution in [0.15, 0.2) is 29.2 Å². The molecule has 2 aliphatic rings. The summed E-state index contributed by atoms with van der Waals surface area (Å²) in [5, 5.41) is 13.0. The van der Waals surface area contributed by atoms with Gasteiger partial charge in [-0.25, -0.2) is 8.78 Å². The Morgan fingerprint density at radius 2 is 1.97 bits per heavy atom. The van der Waals surface area contributed by atoms with Gasteiger partial charge in [0.2, 0.25) is 5.43 Å². The van der Waals surface area contributed by atoms with E-state index in [0.717, 1.165) is 6.07 Å². The second-order valence-electron chi connectivity index (χ2n) is 8.39. The number of hydrogen-bond donors (Lipinski definition) is 2. The summed E-state index contributed by atoms with van der Waals surface area (Å²) in [6.07, 6.45) is 1.29. The van der Waals surface area contributed by atoms with Crippen LogP contribution in [0.3, 0.4) is 0 Å². The fourth-order valence-corrected chi connectivity index (χ4v) is 4.21. The lowest BCUT2D eigenvalue weighted by molar-refractivity contribution is 0.0685. The highest BCUT2D eigenvalue weighted by Gasteiger charge is 2.38. The van der Waals surface area contributed by atoms with Crippen molar-refractivity contribution in [2.24, 2.45) is 0 Å². The number of carbonyl (C=O) groups excluding carboxylic acids is 2. The minimum atomic E-state index is -0.970. The fourth-order valence-electron chi connectivity index (χ4n) is 4.21. The first-order valence-corrected chi connectivity index (χ1v) is 10.4. The second-order valence-corrected chi connectivity index (χ2v) is 8.39. The van der Waals surface area contributed by atoms with Crippen LogP contribution in [0, 0.1) is 11.6 Å². The number of nitrogens with zero attached hydrogens (tertiary/aromatic N) is 3. The normalized spacial score (nSPS) is 18.5. The highest BCUT2D eigenvalue weighted by molar-refractivity contribution is 5.99. The zero-order valence-corrected chi connectivity index (χ0v) is 17.8. The first-order valence-electron chi connectivity index (χ1n) is 10.4. The maximum absolute atomic E-state index is 13.9. The molecule has 2 amide bonds. The van der Waals surface area contributed by atoms with E-state index in [2.05, 4.69) is 10.2 Å². The van der Waals surface area contributed by atoms with Gasteiger partial charge >= 0.3 is 0 Å². The molecule has 1 aromatic heterocycles. The summed E-state index contributed by atoms with van der Waals surface area (Å²) in [7, 11) is 0. The highest BCUT2D eigenvalue weighted by atomic mass is 19.1. The second kappa shape index (κ2) is 8.34. The molecule has 2 bridgehead atoms. The number of aromatic nitrogens is 1. The summed E-state index contributed by atoms with van der Waals surface area (Å²) >= 11 is 0. The third-order valence-corrected chi connectivity index (χ3v) is 6.06. The molecule has 1 saturated heterocycles. The van der Waals surface area contributed by atoms with E-state index in [1.54, 1.807) is 4.90 Å². The SMILES string of the molecule is CC(C)N1CCN2CC(C1)n1cc(C(=O)NCc3ccc(F)cc3F)c(=O)c(O)c1C2=O. The van der Waals surface area contributed by atoms with E-state index < -0.39 is 34.6 Å². The number of hydrogen-bond acceptors (Lipinski definition) is 5. The molecule has 32 heavy (non-hydrogen) atoms. The molecule has 1 aromatic carbocycles. The summed E-state index contributed by atoms with van der Waals surface area (Å²) < 4.78 is 28.4. The van der Waals surface area contributed by atoms with E-state index in [0.29, 0.717) is 32.2 Å². The summed E-state index contributed by atoms with van der Waals surface area (Å²) in [5.41, 5.74) is -1.40. The molecular weight excluding hydrogens is 422 g/mol. The molecule has 1 atom stereocenters. The monoisotopic (exact) mass is 446 g/mol. The third-order valence-electron chi connectivity index (χ3n) is 6.06. The molecule has 0 spiro atoms. The number of nitrogens with one attached hydrogen (secondary N) is 1. The van der Waals surface area contributed by atoms with Gasteiger partial charge in [-0.1, -0.05) is 6.07 Å². The van der Waals surface area contributed by atoms with Crippen LogP contribution >= 0.6 is 0 Å². The molecule has 0 saturated carbocycles. The van der Waals surface area contributed by atoms with E-state index in [9.17, 15) is 28.3 Å². The average molecular weight is 446 g/mol. The van der Waals surface area contributed by atoms with E-state index in [1.165, 1.54) is 16.8 Å². The summed E-state index contributed by atoms with van der Waals surface area (Å²) in [5.74, 6) is -3.63. The number of benzene rings is 1. The van der Waals surface area contributed by atoms with E-state index in [-0.39, 0.29) is 35.4 Å². The van der Waals surface area contributed by atoms with Gasteiger partial charge in [0.25, 0.3) is 11.8 Å². The van der Waals surface area contributed by atoms with Crippen molar-refractivity contribution < 1.29 is 23.5 Å². The van der Waals surface area contributed by atoms with Gasteiger partial charge in [-0.2, -0.15) is 0 Å². The summed E-state index contributed by atoms with van der Waals surface area (Å²) in [6.45, 7) is 5.94. The van der Waals surface area contributed by atoms with Crippen LogP contribution in [0.5, 0.6) is 5.75 Å². The van der Waals surface area contributed by atoms with Crippen LogP contribution in [0.4, 0.5) is 8.78 Å². The van der Waals surface area contributed by atoms with Gasteiger partial charge in [-0.15, -0.1) is 0 Å². The number of fused-ring (bicyclic) bond motifs is 4. The number of rotatable bonds is 4. The maximum atomic E-state index is 13.9. The molecule has 10 heteroatoms. The first-order chi connectivity index (χ1) is 15.2. The Morgan fingerprint density at radius 1 is 1.22 bits per heavy atom. The van der Waals surface area contributed by atoms with Crippen LogP contribution in [0.25, 0.3) is 0 Å². The van der Waals surface area contributed by atoms with Crippen molar-refractivity contribution in [1.29, 1.82) is 0 Å². The van der Waals surface area contributed by atoms with Crippen LogP contribution < -0.4 is 10.7 Å². The van der Waals surface area contributed by atoms with Crippen molar-refractivity contribution in [3.63, 3.8) is 0 Å². The van der Waals surface area contributed by atoms with Crippen molar-refractivity contribution in [3.8, 4) is 5.75 Å². The third kappa shape index (κ3) is 3.86. The predicted molar refractivity (Wildman–Crippen MR) is 112 cm³/mol. The Balaban J connectivity index is 1.67. The first kappa shape index (κ1) is 21.9. The van der Waals surface area contributed by atoms with Crippen LogP contribution in [0.1, 0.15) is 46.3 Å². The van der Waals surface area contributed by atoms with Crippen molar-refractivity contribution in [2.45, 2.75) is 32.5 Å². The van der Waals surface area contributed by atoms with Crippen molar-refractivity contribution >= 4 is 11.8 Å². The minimum absolute atomic E-state index is 0.0456. The quantitative estimate of drug-likeness (QED) is 0.742. The number of aromatic hydroxyl groups is 1. The smallest absolute Gasteiger partial charge is 0.274 e. The van der Waals surface area contributed by atoms with Gasteiger partial charge in [-0.3, -0.25) is 19.3 Å². The fraction of sp³-hybridized carbons (Fsp3) is 0.409. The van der Waals surface area contributed by atoms with E-state index in [1.807, 2.05) is 13.8 Å². The van der Waals surface area contributed by atoms with E-state index >= 15 is 0 Å². The van der Waals surface area contributed by atoms with Gasteiger partial charge in [0, 0.05) is 56.6 Å². The molecule has 170 valence electrons. The molecule has 0 aliphatic carbocycles. The van der Waals surface area contributed by atoms with Crippen LogP contribution in [-0.4, -0.2) is 63.5 Å². The highest BCUT2D eigenvalue weighted by Crippen LogP contribution is 2.29.